The van der Waals surface area contributed by atoms with Gasteiger partial charge in [0.1, 0.15) is 0 Å². The van der Waals surface area contributed by atoms with Gasteiger partial charge in [-0.1, -0.05) is 42.5 Å². The van der Waals surface area contributed by atoms with E-state index in [1.165, 1.54) is 5.56 Å². The topological polar surface area (TPSA) is 43.7 Å². The Hall–Kier alpha value is -1.16. The molecule has 1 fully saturated rings. The number of nitrogens with zero attached hydrogens (tertiary/aromatic N) is 1. The summed E-state index contributed by atoms with van der Waals surface area (Å²) in [5.74, 6) is 0. The van der Waals surface area contributed by atoms with Gasteiger partial charge in [-0.15, -0.1) is 0 Å². The Morgan fingerprint density at radius 2 is 1.72 bits per heavy atom. The number of benzene rings is 1. The average molecular weight is 245 g/mol. The van der Waals surface area contributed by atoms with E-state index in [2.05, 4.69) is 29.2 Å². The fourth-order valence-corrected chi connectivity index (χ4v) is 3.14. The predicted molar refractivity (Wildman–Crippen MR) is 70.1 cm³/mol. The van der Waals surface area contributed by atoms with Gasteiger partial charge < -0.3 is 10.2 Å². The molecule has 0 aromatic heterocycles. The largest absolute Gasteiger partial charge is 0.389 e. The van der Waals surface area contributed by atoms with Gasteiger partial charge in [-0.2, -0.15) is 0 Å². The number of hydrogen-bond donors (Lipinski definition) is 2. The lowest BCUT2D eigenvalue weighted by atomic mass is 10.0. The Bertz CT molecular complexity index is 431. The summed E-state index contributed by atoms with van der Waals surface area (Å²) in [7, 11) is 0. The maximum atomic E-state index is 10.1. The molecule has 1 aromatic carbocycles. The first-order chi connectivity index (χ1) is 8.77. The maximum absolute atomic E-state index is 10.1. The highest BCUT2D eigenvalue weighted by Crippen LogP contribution is 2.35. The van der Waals surface area contributed by atoms with Crippen molar-refractivity contribution in [1.29, 1.82) is 0 Å². The Labute approximate surface area is 107 Å². The fraction of sp³-hybridized carbons (Fsp3) is 0.467. The van der Waals surface area contributed by atoms with E-state index in [0.29, 0.717) is 6.54 Å². The van der Waals surface area contributed by atoms with Crippen molar-refractivity contribution in [1.82, 2.24) is 4.90 Å². The first-order valence-electron chi connectivity index (χ1n) is 6.59. The van der Waals surface area contributed by atoms with Gasteiger partial charge in [-0.3, -0.25) is 4.90 Å². The Morgan fingerprint density at radius 1 is 1.00 bits per heavy atom. The quantitative estimate of drug-likeness (QED) is 0.737. The minimum atomic E-state index is -0.626. The molecular weight excluding hydrogens is 226 g/mol. The molecule has 2 aliphatic heterocycles. The summed E-state index contributed by atoms with van der Waals surface area (Å²) < 4.78 is 0. The average Bonchev–Trinajstić information content (AvgIpc) is 2.58. The van der Waals surface area contributed by atoms with Crippen LogP contribution in [0, 0.1) is 0 Å². The molecule has 0 bridgehead atoms. The van der Waals surface area contributed by atoms with Gasteiger partial charge >= 0.3 is 0 Å². The van der Waals surface area contributed by atoms with Crippen LogP contribution < -0.4 is 0 Å². The van der Waals surface area contributed by atoms with Crippen molar-refractivity contribution >= 4 is 0 Å². The number of rotatable bonds is 1. The first-order valence-corrected chi connectivity index (χ1v) is 6.59. The third kappa shape index (κ3) is 1.99. The van der Waals surface area contributed by atoms with Crippen molar-refractivity contribution in [3.63, 3.8) is 0 Å². The standard InChI is InChI=1S/C15H19NO2/c17-14-10-16-12(11-6-2-1-3-7-11)8-4-5-9-13(16)15(14)18/h1-7,12-15,17-18H,8-10H2/t12-,13-,14+,15-/m0/s1. The van der Waals surface area contributed by atoms with E-state index < -0.39 is 12.2 Å². The number of hydrogen-bond acceptors (Lipinski definition) is 3. The lowest BCUT2D eigenvalue weighted by molar-refractivity contribution is 0.0368. The summed E-state index contributed by atoms with van der Waals surface area (Å²) in [6.07, 6.45) is 4.84. The van der Waals surface area contributed by atoms with Gasteiger partial charge in [-0.25, -0.2) is 0 Å². The van der Waals surface area contributed by atoms with Crippen molar-refractivity contribution in [2.24, 2.45) is 0 Å². The van der Waals surface area contributed by atoms with Gasteiger partial charge in [0.25, 0.3) is 0 Å². The van der Waals surface area contributed by atoms with Crippen LogP contribution in [0.5, 0.6) is 0 Å². The molecule has 3 nitrogen and oxygen atoms in total. The maximum Gasteiger partial charge on any atom is 0.0969 e. The monoisotopic (exact) mass is 245 g/mol. The van der Waals surface area contributed by atoms with Gasteiger partial charge in [0.15, 0.2) is 0 Å². The second-order valence-corrected chi connectivity index (χ2v) is 5.19. The Morgan fingerprint density at radius 3 is 2.50 bits per heavy atom. The minimum absolute atomic E-state index is 0.0453. The van der Waals surface area contributed by atoms with Gasteiger partial charge in [-0.05, 0) is 18.4 Å². The van der Waals surface area contributed by atoms with Crippen molar-refractivity contribution in [2.75, 3.05) is 6.54 Å². The molecule has 3 rings (SSSR count). The molecule has 3 heteroatoms. The Kier molecular flexibility index (Phi) is 3.20. The number of fused-ring (bicyclic) bond motifs is 1. The van der Waals surface area contributed by atoms with Crippen LogP contribution in [0.3, 0.4) is 0 Å². The lowest BCUT2D eigenvalue weighted by Crippen LogP contribution is -2.37. The zero-order valence-corrected chi connectivity index (χ0v) is 10.3. The van der Waals surface area contributed by atoms with Crippen LogP contribution in [-0.2, 0) is 0 Å². The van der Waals surface area contributed by atoms with Crippen molar-refractivity contribution in [2.45, 2.75) is 37.1 Å². The van der Waals surface area contributed by atoms with Crippen molar-refractivity contribution in [3.8, 4) is 0 Å². The SMILES string of the molecule is O[C@@H]1[C@H](O)CN2[C@H](c3ccccc3)CC=CC[C@@H]12. The van der Waals surface area contributed by atoms with Crippen molar-refractivity contribution in [3.05, 3.63) is 48.0 Å². The molecule has 1 aromatic rings. The summed E-state index contributed by atoms with van der Waals surface area (Å²) in [6, 6.07) is 10.7. The lowest BCUT2D eigenvalue weighted by Gasteiger charge is -2.31. The zero-order valence-electron chi connectivity index (χ0n) is 10.3. The normalized spacial score (nSPS) is 36.3. The molecule has 2 N–H and O–H groups in total. The van der Waals surface area contributed by atoms with Crippen LogP contribution in [0.4, 0.5) is 0 Å². The fourth-order valence-electron chi connectivity index (χ4n) is 3.14. The van der Waals surface area contributed by atoms with E-state index in [4.69, 9.17) is 0 Å². The van der Waals surface area contributed by atoms with E-state index in [1.54, 1.807) is 0 Å². The van der Waals surface area contributed by atoms with E-state index in [1.807, 2.05) is 18.2 Å². The second kappa shape index (κ2) is 4.84. The van der Waals surface area contributed by atoms with E-state index in [9.17, 15) is 10.2 Å². The molecule has 0 unspecified atom stereocenters. The molecule has 2 aliphatic rings. The summed E-state index contributed by atoms with van der Waals surface area (Å²) in [5, 5.41) is 19.9. The minimum Gasteiger partial charge on any atom is -0.389 e. The molecule has 0 aliphatic carbocycles. The van der Waals surface area contributed by atoms with E-state index in [-0.39, 0.29) is 12.1 Å². The van der Waals surface area contributed by atoms with Gasteiger partial charge in [0, 0.05) is 18.6 Å². The molecule has 0 saturated carbocycles. The summed E-state index contributed by atoms with van der Waals surface area (Å²) in [4.78, 5) is 2.25. The van der Waals surface area contributed by atoms with Crippen LogP contribution in [0.25, 0.3) is 0 Å². The molecular formula is C15H19NO2. The summed E-state index contributed by atoms with van der Waals surface area (Å²) >= 11 is 0. The van der Waals surface area contributed by atoms with Crippen LogP contribution >= 0.6 is 0 Å². The molecule has 18 heavy (non-hydrogen) atoms. The van der Waals surface area contributed by atoms with Gasteiger partial charge in [0.2, 0.25) is 0 Å². The van der Waals surface area contributed by atoms with E-state index in [0.717, 1.165) is 12.8 Å². The molecule has 0 amide bonds. The molecule has 2 heterocycles. The number of aliphatic hydroxyl groups excluding tert-OH is 2. The predicted octanol–water partition coefficient (Wildman–Crippen LogP) is 1.48. The smallest absolute Gasteiger partial charge is 0.0969 e. The molecule has 1 saturated heterocycles. The molecule has 4 atom stereocenters. The third-order valence-electron chi connectivity index (χ3n) is 4.10. The van der Waals surface area contributed by atoms with Gasteiger partial charge in [0.05, 0.1) is 12.2 Å². The van der Waals surface area contributed by atoms with E-state index >= 15 is 0 Å². The molecule has 96 valence electrons. The van der Waals surface area contributed by atoms with Crippen LogP contribution in [0.1, 0.15) is 24.4 Å². The Balaban J connectivity index is 1.92. The molecule has 0 spiro atoms. The highest BCUT2D eigenvalue weighted by atomic mass is 16.3. The van der Waals surface area contributed by atoms with Crippen LogP contribution in [0.2, 0.25) is 0 Å². The highest BCUT2D eigenvalue weighted by Gasteiger charge is 2.42. The first kappa shape index (κ1) is 11.9. The second-order valence-electron chi connectivity index (χ2n) is 5.19. The van der Waals surface area contributed by atoms with Crippen molar-refractivity contribution < 1.29 is 10.2 Å². The highest BCUT2D eigenvalue weighted by molar-refractivity contribution is 5.22. The van der Waals surface area contributed by atoms with Crippen LogP contribution in [0.15, 0.2) is 42.5 Å². The zero-order chi connectivity index (χ0) is 12.5. The summed E-state index contributed by atoms with van der Waals surface area (Å²) in [5.41, 5.74) is 1.26. The van der Waals surface area contributed by atoms with Crippen LogP contribution in [-0.4, -0.2) is 39.9 Å². The summed E-state index contributed by atoms with van der Waals surface area (Å²) in [6.45, 7) is 0.563. The molecule has 0 radical (unpaired) electrons. The number of aliphatic hydroxyl groups is 2. The third-order valence-corrected chi connectivity index (χ3v) is 4.10.